The number of carbonyl (C=O) groups excluding carboxylic acids is 2. The molecule has 3 rings (SSSR count). The highest BCUT2D eigenvalue weighted by Crippen LogP contribution is 2.14. The molecule has 1 heterocycles. The van der Waals surface area contributed by atoms with Crippen LogP contribution in [-0.2, 0) is 0 Å². The van der Waals surface area contributed by atoms with E-state index in [1.165, 1.54) is 0 Å². The predicted molar refractivity (Wildman–Crippen MR) is 95.9 cm³/mol. The molecular formula is C18H18ClN3O2. The summed E-state index contributed by atoms with van der Waals surface area (Å²) in [4.78, 5) is 28.0. The van der Waals surface area contributed by atoms with Crippen LogP contribution in [0.1, 0.15) is 26.3 Å². The summed E-state index contributed by atoms with van der Waals surface area (Å²) < 4.78 is 0. The minimum Gasteiger partial charge on any atom is -0.369 e. The van der Waals surface area contributed by atoms with Gasteiger partial charge in [-0.25, -0.2) is 0 Å². The van der Waals surface area contributed by atoms with Gasteiger partial charge in [0, 0.05) is 23.2 Å². The first-order valence-corrected chi connectivity index (χ1v) is 7.43. The Morgan fingerprint density at radius 3 is 2.21 bits per heavy atom. The second kappa shape index (κ2) is 7.75. The van der Waals surface area contributed by atoms with Gasteiger partial charge in [-0.05, 0) is 12.1 Å². The number of benzene rings is 2. The molecule has 0 spiro atoms. The highest BCUT2D eigenvalue weighted by Gasteiger charge is 2.23. The molecule has 0 saturated heterocycles. The summed E-state index contributed by atoms with van der Waals surface area (Å²) in [6, 6.07) is 16.2. The molecule has 1 aliphatic rings. The van der Waals surface area contributed by atoms with Crippen LogP contribution in [-0.4, -0.2) is 30.6 Å². The summed E-state index contributed by atoms with van der Waals surface area (Å²) in [5.74, 6) is 0.220. The lowest BCUT2D eigenvalue weighted by molar-refractivity contribution is 0.0923. The summed E-state index contributed by atoms with van der Waals surface area (Å²) in [5.41, 5.74) is 7.27. The third kappa shape index (κ3) is 3.81. The van der Waals surface area contributed by atoms with Crippen molar-refractivity contribution in [3.8, 4) is 0 Å². The molecule has 6 heteroatoms. The average molecular weight is 344 g/mol. The van der Waals surface area contributed by atoms with Crippen LogP contribution in [0.2, 0.25) is 0 Å². The number of ketones is 1. The van der Waals surface area contributed by atoms with Gasteiger partial charge in [-0.1, -0.05) is 42.5 Å². The van der Waals surface area contributed by atoms with E-state index in [-0.39, 0.29) is 24.1 Å². The lowest BCUT2D eigenvalue weighted by Gasteiger charge is -2.22. The summed E-state index contributed by atoms with van der Waals surface area (Å²) in [6.07, 6.45) is 0. The second-order valence-corrected chi connectivity index (χ2v) is 5.44. The van der Waals surface area contributed by atoms with E-state index >= 15 is 0 Å². The van der Waals surface area contributed by atoms with E-state index in [9.17, 15) is 9.59 Å². The van der Waals surface area contributed by atoms with Crippen molar-refractivity contribution in [3.63, 3.8) is 0 Å². The molecule has 2 aromatic rings. The first-order valence-electron chi connectivity index (χ1n) is 7.43. The van der Waals surface area contributed by atoms with Gasteiger partial charge >= 0.3 is 0 Å². The molecule has 24 heavy (non-hydrogen) atoms. The minimum absolute atomic E-state index is 0. The Labute approximate surface area is 146 Å². The van der Waals surface area contributed by atoms with Crippen LogP contribution < -0.4 is 11.1 Å². The first-order chi connectivity index (χ1) is 11.1. The normalized spacial score (nSPS) is 16.3. The number of halogens is 1. The fraction of sp³-hybridized carbons (Fsp3) is 0.167. The van der Waals surface area contributed by atoms with Gasteiger partial charge in [0.2, 0.25) is 5.91 Å². The highest BCUT2D eigenvalue weighted by atomic mass is 35.5. The second-order valence-electron chi connectivity index (χ2n) is 5.44. The van der Waals surface area contributed by atoms with Gasteiger partial charge in [-0.15, -0.1) is 12.4 Å². The quantitative estimate of drug-likeness (QED) is 0.833. The molecule has 0 radical (unpaired) electrons. The number of Topliss-reactive ketones (excluding diaryl/α,β-unsaturated/α-hetero) is 1. The van der Waals surface area contributed by atoms with Crippen molar-refractivity contribution in [2.45, 2.75) is 0 Å². The molecule has 3 N–H and O–H groups in total. The number of nitrogens with one attached hydrogen (secondary N) is 1. The Balaban J connectivity index is 0.00000208. The van der Waals surface area contributed by atoms with Crippen LogP contribution in [0.25, 0.3) is 0 Å². The van der Waals surface area contributed by atoms with Gasteiger partial charge in [0.15, 0.2) is 5.78 Å². The molecule has 2 aromatic carbocycles. The largest absolute Gasteiger partial charge is 0.369 e. The van der Waals surface area contributed by atoms with E-state index in [1.54, 1.807) is 24.3 Å². The Hall–Kier alpha value is -2.66. The summed E-state index contributed by atoms with van der Waals surface area (Å²) in [7, 11) is 0. The molecule has 124 valence electrons. The van der Waals surface area contributed by atoms with Gasteiger partial charge in [0.05, 0.1) is 12.5 Å². The van der Waals surface area contributed by atoms with Gasteiger partial charge in [-0.2, -0.15) is 0 Å². The minimum atomic E-state index is -0.455. The molecule has 1 aliphatic heterocycles. The van der Waals surface area contributed by atoms with Crippen LogP contribution in [0.4, 0.5) is 0 Å². The maximum absolute atomic E-state index is 12.4. The summed E-state index contributed by atoms with van der Waals surface area (Å²) in [6.45, 7) is 0.998. The topological polar surface area (TPSA) is 84.6 Å². The van der Waals surface area contributed by atoms with Crippen LogP contribution in [0.5, 0.6) is 0 Å². The molecule has 1 amide bonds. The standard InChI is InChI=1S/C18H17N3O2.ClH/c19-17(23)13-6-8-14(9-7-13)18-20-10-15(11-21-18)16(22)12-4-2-1-3-5-12;/h1-9,15H,10-11H2,(H2,19,23)(H,20,21);1H. The van der Waals surface area contributed by atoms with Crippen molar-refractivity contribution in [2.75, 3.05) is 13.1 Å². The van der Waals surface area contributed by atoms with Crippen molar-refractivity contribution in [3.05, 3.63) is 71.3 Å². The van der Waals surface area contributed by atoms with E-state index in [4.69, 9.17) is 5.73 Å². The predicted octanol–water partition coefficient (Wildman–Crippen LogP) is 2.06. The van der Waals surface area contributed by atoms with Crippen molar-refractivity contribution in [2.24, 2.45) is 16.6 Å². The van der Waals surface area contributed by atoms with Crippen LogP contribution in [0.3, 0.4) is 0 Å². The molecule has 1 atom stereocenters. The van der Waals surface area contributed by atoms with Crippen LogP contribution in [0.15, 0.2) is 59.6 Å². The van der Waals surface area contributed by atoms with Crippen LogP contribution in [0, 0.1) is 5.92 Å². The van der Waals surface area contributed by atoms with E-state index < -0.39 is 5.91 Å². The zero-order chi connectivity index (χ0) is 16.2. The molecule has 0 fully saturated rings. The number of nitrogens with two attached hydrogens (primary N) is 1. The number of nitrogens with zero attached hydrogens (tertiary/aromatic N) is 1. The number of amides is 1. The Kier molecular flexibility index (Phi) is 5.71. The number of primary amides is 1. The van der Waals surface area contributed by atoms with Gasteiger partial charge in [-0.3, -0.25) is 14.6 Å². The fourth-order valence-electron chi connectivity index (χ4n) is 2.54. The van der Waals surface area contributed by atoms with E-state index in [0.29, 0.717) is 24.2 Å². The Morgan fingerprint density at radius 2 is 1.67 bits per heavy atom. The third-order valence-corrected chi connectivity index (χ3v) is 3.86. The summed E-state index contributed by atoms with van der Waals surface area (Å²) >= 11 is 0. The average Bonchev–Trinajstić information content (AvgIpc) is 2.62. The number of amidine groups is 1. The molecule has 0 aromatic heterocycles. The Morgan fingerprint density at radius 1 is 1.00 bits per heavy atom. The smallest absolute Gasteiger partial charge is 0.248 e. The van der Waals surface area contributed by atoms with E-state index in [2.05, 4.69) is 10.3 Å². The van der Waals surface area contributed by atoms with Gasteiger partial charge in [0.25, 0.3) is 0 Å². The van der Waals surface area contributed by atoms with E-state index in [1.807, 2.05) is 30.3 Å². The maximum atomic E-state index is 12.4. The lowest BCUT2D eigenvalue weighted by atomic mass is 9.96. The molecule has 5 nitrogen and oxygen atoms in total. The lowest BCUT2D eigenvalue weighted by Crippen LogP contribution is -2.39. The van der Waals surface area contributed by atoms with Crippen molar-refractivity contribution in [1.82, 2.24) is 5.32 Å². The monoisotopic (exact) mass is 343 g/mol. The van der Waals surface area contributed by atoms with Crippen LogP contribution >= 0.6 is 12.4 Å². The number of carbonyl (C=O) groups is 2. The van der Waals surface area contributed by atoms with Crippen molar-refractivity contribution >= 4 is 29.9 Å². The molecular weight excluding hydrogens is 326 g/mol. The highest BCUT2D eigenvalue weighted by molar-refractivity contribution is 6.03. The van der Waals surface area contributed by atoms with E-state index in [0.717, 1.165) is 11.4 Å². The van der Waals surface area contributed by atoms with Gasteiger partial charge in [0.1, 0.15) is 5.84 Å². The third-order valence-electron chi connectivity index (χ3n) is 3.86. The number of rotatable bonds is 4. The molecule has 1 unspecified atom stereocenters. The summed E-state index contributed by atoms with van der Waals surface area (Å²) in [5, 5.41) is 3.20. The van der Waals surface area contributed by atoms with Crippen molar-refractivity contribution in [1.29, 1.82) is 0 Å². The fourth-order valence-corrected chi connectivity index (χ4v) is 2.54. The Bertz CT molecular complexity index is 758. The zero-order valence-electron chi connectivity index (χ0n) is 12.9. The SMILES string of the molecule is Cl.NC(=O)c1ccc(C2=NCC(C(=O)c3ccccc3)CN2)cc1. The number of hydrogen-bond donors (Lipinski definition) is 2. The number of hydrogen-bond acceptors (Lipinski definition) is 4. The zero-order valence-corrected chi connectivity index (χ0v) is 13.8. The maximum Gasteiger partial charge on any atom is 0.248 e. The molecule has 0 saturated carbocycles. The van der Waals surface area contributed by atoms with Crippen molar-refractivity contribution < 1.29 is 9.59 Å². The molecule has 0 aliphatic carbocycles. The first kappa shape index (κ1) is 17.7. The van der Waals surface area contributed by atoms with Gasteiger partial charge < -0.3 is 11.1 Å². The molecule has 0 bridgehead atoms. The number of aliphatic imine (C=N–C) groups is 1.